The molecule has 1 saturated carbocycles. The minimum atomic E-state index is 0.710. The summed E-state index contributed by atoms with van der Waals surface area (Å²) >= 11 is 9.61. The lowest BCUT2D eigenvalue weighted by atomic mass is 10.2. The Bertz CT molecular complexity index is 524. The molecule has 5 heteroatoms. The third-order valence-corrected chi connectivity index (χ3v) is 5.30. The van der Waals surface area contributed by atoms with E-state index in [1.54, 1.807) is 23.1 Å². The lowest BCUT2D eigenvalue weighted by Crippen LogP contribution is -2.15. The maximum atomic E-state index is 6.31. The largest absolute Gasteiger partial charge is 0.310 e. The molecule has 0 saturated heterocycles. The zero-order chi connectivity index (χ0) is 12.4. The molecule has 3 rings (SSSR count). The second-order valence-electron chi connectivity index (χ2n) is 4.28. The zero-order valence-electron chi connectivity index (χ0n) is 9.73. The summed E-state index contributed by atoms with van der Waals surface area (Å²) in [6, 6.07) is 6.80. The van der Waals surface area contributed by atoms with Gasteiger partial charge in [-0.3, -0.25) is 0 Å². The Morgan fingerprint density at radius 1 is 1.44 bits per heavy atom. The maximum Gasteiger partial charge on any atom is 0.154 e. The molecule has 1 heterocycles. The van der Waals surface area contributed by atoms with Gasteiger partial charge in [0.05, 0.1) is 5.02 Å². The maximum absolute atomic E-state index is 6.31. The molecule has 2 nitrogen and oxygen atoms in total. The van der Waals surface area contributed by atoms with E-state index in [1.807, 2.05) is 23.7 Å². The second kappa shape index (κ2) is 5.61. The van der Waals surface area contributed by atoms with Crippen molar-refractivity contribution in [1.29, 1.82) is 0 Å². The van der Waals surface area contributed by atoms with Crippen LogP contribution in [0.4, 0.5) is 0 Å². The average Bonchev–Trinajstić information content (AvgIpc) is 3.06. The van der Waals surface area contributed by atoms with E-state index in [0.717, 1.165) is 20.8 Å². The van der Waals surface area contributed by atoms with Crippen molar-refractivity contribution >= 4 is 34.7 Å². The van der Waals surface area contributed by atoms with E-state index in [0.29, 0.717) is 6.04 Å². The van der Waals surface area contributed by atoms with E-state index >= 15 is 0 Å². The number of hydrogen-bond acceptors (Lipinski definition) is 4. The van der Waals surface area contributed by atoms with Crippen LogP contribution in [0.3, 0.4) is 0 Å². The Morgan fingerprint density at radius 2 is 2.33 bits per heavy atom. The first-order chi connectivity index (χ1) is 8.83. The number of thiazole rings is 1. The molecule has 0 atom stereocenters. The molecule has 1 aromatic carbocycles. The molecule has 1 aromatic heterocycles. The van der Waals surface area contributed by atoms with Crippen molar-refractivity contribution in [1.82, 2.24) is 10.3 Å². The van der Waals surface area contributed by atoms with Crippen LogP contribution >= 0.6 is 34.7 Å². The Labute approximate surface area is 120 Å². The zero-order valence-corrected chi connectivity index (χ0v) is 12.1. The molecule has 0 unspecified atom stereocenters. The minimum Gasteiger partial charge on any atom is -0.310 e. The summed E-state index contributed by atoms with van der Waals surface area (Å²) in [7, 11) is 0. The van der Waals surface area contributed by atoms with Crippen LogP contribution in [0.15, 0.2) is 39.0 Å². The molecule has 0 spiro atoms. The average molecular weight is 297 g/mol. The fraction of sp³-hybridized carbons (Fsp3) is 0.308. The van der Waals surface area contributed by atoms with Gasteiger partial charge in [0.1, 0.15) is 0 Å². The molecule has 18 heavy (non-hydrogen) atoms. The van der Waals surface area contributed by atoms with Crippen LogP contribution in [0.1, 0.15) is 18.4 Å². The van der Waals surface area contributed by atoms with Gasteiger partial charge in [0.15, 0.2) is 4.34 Å². The predicted molar refractivity (Wildman–Crippen MR) is 77.6 cm³/mol. The van der Waals surface area contributed by atoms with E-state index < -0.39 is 0 Å². The molecule has 94 valence electrons. The highest BCUT2D eigenvalue weighted by Crippen LogP contribution is 2.37. The molecule has 0 aliphatic heterocycles. The van der Waals surface area contributed by atoms with Crippen LogP contribution in [0.5, 0.6) is 0 Å². The van der Waals surface area contributed by atoms with Crippen LogP contribution in [-0.2, 0) is 6.54 Å². The van der Waals surface area contributed by atoms with Crippen LogP contribution in [-0.4, -0.2) is 11.0 Å². The van der Waals surface area contributed by atoms with Gasteiger partial charge < -0.3 is 5.32 Å². The van der Waals surface area contributed by atoms with E-state index in [9.17, 15) is 0 Å². The fourth-order valence-corrected chi connectivity index (χ4v) is 3.70. The first-order valence-electron chi connectivity index (χ1n) is 5.91. The minimum absolute atomic E-state index is 0.710. The van der Waals surface area contributed by atoms with Gasteiger partial charge in [-0.1, -0.05) is 35.5 Å². The van der Waals surface area contributed by atoms with Gasteiger partial charge in [0.2, 0.25) is 0 Å². The Balaban J connectivity index is 1.80. The first kappa shape index (κ1) is 12.5. The number of benzene rings is 1. The van der Waals surface area contributed by atoms with Gasteiger partial charge in [-0.2, -0.15) is 0 Å². The summed E-state index contributed by atoms with van der Waals surface area (Å²) in [6.07, 6.45) is 4.43. The van der Waals surface area contributed by atoms with Crippen molar-refractivity contribution in [3.05, 3.63) is 40.4 Å². The van der Waals surface area contributed by atoms with E-state index in [1.165, 1.54) is 18.4 Å². The molecule has 1 aliphatic carbocycles. The molecule has 0 amide bonds. The standard InChI is InChI=1S/C13H13ClN2S2/c14-11-3-1-2-9(8-16-10-4-5-10)12(11)18-13-15-6-7-17-13/h1-3,6-7,10,16H,4-5,8H2. The monoisotopic (exact) mass is 296 g/mol. The van der Waals surface area contributed by atoms with Gasteiger partial charge in [-0.15, -0.1) is 11.3 Å². The van der Waals surface area contributed by atoms with E-state index in [2.05, 4.69) is 16.4 Å². The van der Waals surface area contributed by atoms with Crippen LogP contribution in [0, 0.1) is 0 Å². The smallest absolute Gasteiger partial charge is 0.154 e. The summed E-state index contributed by atoms with van der Waals surface area (Å²) in [5.41, 5.74) is 1.26. The van der Waals surface area contributed by atoms with Gasteiger partial charge in [-0.25, -0.2) is 4.98 Å². The Hall–Kier alpha value is -0.550. The van der Waals surface area contributed by atoms with Crippen LogP contribution in [0.2, 0.25) is 5.02 Å². The third kappa shape index (κ3) is 3.06. The second-order valence-corrected chi connectivity index (χ2v) is 6.84. The summed E-state index contributed by atoms with van der Waals surface area (Å²) in [5, 5.41) is 6.33. The number of nitrogens with zero attached hydrogens (tertiary/aromatic N) is 1. The van der Waals surface area contributed by atoms with Crippen molar-refractivity contribution in [2.45, 2.75) is 34.7 Å². The highest BCUT2D eigenvalue weighted by atomic mass is 35.5. The van der Waals surface area contributed by atoms with Gasteiger partial charge in [0, 0.05) is 29.1 Å². The van der Waals surface area contributed by atoms with Gasteiger partial charge in [-0.05, 0) is 24.5 Å². The molecule has 2 aromatic rings. The molecule has 0 bridgehead atoms. The van der Waals surface area contributed by atoms with Crippen molar-refractivity contribution in [2.75, 3.05) is 0 Å². The molecular formula is C13H13ClN2S2. The summed E-state index contributed by atoms with van der Waals surface area (Å²) in [4.78, 5) is 5.43. The Morgan fingerprint density at radius 3 is 3.06 bits per heavy atom. The van der Waals surface area contributed by atoms with Crippen molar-refractivity contribution in [2.24, 2.45) is 0 Å². The molecule has 0 radical (unpaired) electrons. The number of rotatable bonds is 5. The lowest BCUT2D eigenvalue weighted by molar-refractivity contribution is 0.680. The number of halogens is 1. The van der Waals surface area contributed by atoms with Crippen LogP contribution in [0.25, 0.3) is 0 Å². The van der Waals surface area contributed by atoms with E-state index in [4.69, 9.17) is 11.6 Å². The highest BCUT2D eigenvalue weighted by molar-refractivity contribution is 8.01. The van der Waals surface area contributed by atoms with Crippen molar-refractivity contribution in [3.63, 3.8) is 0 Å². The lowest BCUT2D eigenvalue weighted by Gasteiger charge is -2.10. The molecule has 1 fully saturated rings. The molecule has 1 N–H and O–H groups in total. The van der Waals surface area contributed by atoms with Gasteiger partial charge in [0.25, 0.3) is 0 Å². The number of aromatic nitrogens is 1. The SMILES string of the molecule is Clc1cccc(CNC2CC2)c1Sc1nccs1. The van der Waals surface area contributed by atoms with E-state index in [-0.39, 0.29) is 0 Å². The number of nitrogens with one attached hydrogen (secondary N) is 1. The third-order valence-electron chi connectivity index (χ3n) is 2.81. The van der Waals surface area contributed by atoms with Gasteiger partial charge >= 0.3 is 0 Å². The number of hydrogen-bond donors (Lipinski definition) is 1. The predicted octanol–water partition coefficient (Wildman–Crippen LogP) is 4.20. The van der Waals surface area contributed by atoms with Crippen LogP contribution < -0.4 is 5.32 Å². The molecule has 1 aliphatic rings. The highest BCUT2D eigenvalue weighted by Gasteiger charge is 2.21. The van der Waals surface area contributed by atoms with Crippen molar-refractivity contribution in [3.8, 4) is 0 Å². The molecular weight excluding hydrogens is 284 g/mol. The quantitative estimate of drug-likeness (QED) is 0.895. The fourth-order valence-electron chi connectivity index (χ4n) is 1.70. The van der Waals surface area contributed by atoms with Crippen molar-refractivity contribution < 1.29 is 0 Å². The summed E-state index contributed by atoms with van der Waals surface area (Å²) in [6.45, 7) is 0.888. The normalized spacial score (nSPS) is 14.9. The summed E-state index contributed by atoms with van der Waals surface area (Å²) in [5.74, 6) is 0. The Kier molecular flexibility index (Phi) is 3.89. The summed E-state index contributed by atoms with van der Waals surface area (Å²) < 4.78 is 1.04. The first-order valence-corrected chi connectivity index (χ1v) is 7.98. The topological polar surface area (TPSA) is 24.9 Å².